The minimum atomic E-state index is -0.653. The van der Waals surface area contributed by atoms with Crippen molar-refractivity contribution in [2.24, 2.45) is 0 Å². The van der Waals surface area contributed by atoms with Gasteiger partial charge in [0.15, 0.2) is 28.8 Å². The number of carbonyl (C=O) groups is 2. The Balaban J connectivity index is 1.81. The summed E-state index contributed by atoms with van der Waals surface area (Å²) in [5.41, 5.74) is 4.09. The van der Waals surface area contributed by atoms with Gasteiger partial charge < -0.3 is 29.0 Å². The summed E-state index contributed by atoms with van der Waals surface area (Å²) in [4.78, 5) is 27.4. The van der Waals surface area contributed by atoms with Gasteiger partial charge in [0, 0.05) is 29.0 Å². The van der Waals surface area contributed by atoms with Gasteiger partial charge in [-0.25, -0.2) is 4.79 Å². The van der Waals surface area contributed by atoms with Crippen LogP contribution in [0.4, 0.5) is 0 Å². The van der Waals surface area contributed by atoms with Crippen molar-refractivity contribution in [1.82, 2.24) is 5.32 Å². The first kappa shape index (κ1) is 28.1. The normalized spacial score (nSPS) is 18.8. The van der Waals surface area contributed by atoms with Gasteiger partial charge in [-0.2, -0.15) is 0 Å². The quantitative estimate of drug-likeness (QED) is 0.318. The molecule has 0 spiro atoms. The van der Waals surface area contributed by atoms with Gasteiger partial charge >= 0.3 is 5.97 Å². The van der Waals surface area contributed by atoms with Crippen LogP contribution >= 0.6 is 0 Å². The number of rotatable bonds is 10. The first-order chi connectivity index (χ1) is 18.9. The van der Waals surface area contributed by atoms with Crippen molar-refractivity contribution in [3.8, 4) is 23.0 Å². The fourth-order valence-corrected chi connectivity index (χ4v) is 5.49. The van der Waals surface area contributed by atoms with Crippen LogP contribution < -0.4 is 24.3 Å². The van der Waals surface area contributed by atoms with Gasteiger partial charge in [0.05, 0.1) is 46.5 Å². The van der Waals surface area contributed by atoms with Crippen LogP contribution in [0.2, 0.25) is 0 Å². The minimum Gasteiger partial charge on any atom is -0.493 e. The highest BCUT2D eigenvalue weighted by Gasteiger charge is 2.43. The molecule has 0 bridgehead atoms. The van der Waals surface area contributed by atoms with Gasteiger partial charge in [0.1, 0.15) is 0 Å². The highest BCUT2D eigenvalue weighted by Crippen LogP contribution is 2.49. The van der Waals surface area contributed by atoms with Gasteiger partial charge in [-0.3, -0.25) is 4.79 Å². The second-order valence-corrected chi connectivity index (χ2v) is 9.70. The number of hydrogen-bond acceptors (Lipinski definition) is 8. The summed E-state index contributed by atoms with van der Waals surface area (Å²) in [7, 11) is 6.31. The van der Waals surface area contributed by atoms with Crippen LogP contribution in [0.3, 0.4) is 0 Å². The summed E-state index contributed by atoms with van der Waals surface area (Å²) < 4.78 is 27.9. The molecular weight excluding hydrogens is 498 g/mol. The third kappa shape index (κ3) is 5.46. The maximum atomic E-state index is 14.0. The summed E-state index contributed by atoms with van der Waals surface area (Å²) in [6, 6.07) is 11.3. The number of methoxy groups -OCH3 is 4. The lowest BCUT2D eigenvalue weighted by molar-refractivity contribution is -0.139. The predicted molar refractivity (Wildman–Crippen MR) is 148 cm³/mol. The van der Waals surface area contributed by atoms with E-state index in [0.717, 1.165) is 24.1 Å². The molecular formula is C31H37NO7. The highest BCUT2D eigenvalue weighted by molar-refractivity contribution is 6.04. The summed E-state index contributed by atoms with van der Waals surface area (Å²) in [6.45, 7) is 4.21. The predicted octanol–water partition coefficient (Wildman–Crippen LogP) is 5.43. The highest BCUT2D eigenvalue weighted by atomic mass is 16.5. The zero-order chi connectivity index (χ0) is 28.1. The number of Topliss-reactive ketones (excluding diaryl/α,β-unsaturated/α-hetero) is 1. The molecule has 0 unspecified atom stereocenters. The van der Waals surface area contributed by atoms with Crippen LogP contribution in [0.5, 0.6) is 23.0 Å². The Hall–Kier alpha value is -3.94. The molecule has 8 nitrogen and oxygen atoms in total. The van der Waals surface area contributed by atoms with E-state index in [1.54, 1.807) is 34.5 Å². The molecule has 8 heteroatoms. The van der Waals surface area contributed by atoms with Crippen LogP contribution in [-0.2, 0) is 14.3 Å². The van der Waals surface area contributed by atoms with Crippen LogP contribution in [0, 0.1) is 0 Å². The van der Waals surface area contributed by atoms with Crippen molar-refractivity contribution < 1.29 is 33.3 Å². The van der Waals surface area contributed by atoms with Gasteiger partial charge in [-0.15, -0.1) is 0 Å². The molecule has 0 amide bonds. The number of hydrogen-bond donors (Lipinski definition) is 1. The number of dihydropyridines is 1. The van der Waals surface area contributed by atoms with Gasteiger partial charge in [-0.1, -0.05) is 31.5 Å². The maximum Gasteiger partial charge on any atom is 0.336 e. The summed E-state index contributed by atoms with van der Waals surface area (Å²) in [5, 5.41) is 3.40. The number of esters is 1. The fourth-order valence-electron chi connectivity index (χ4n) is 5.49. The number of ketones is 1. The Bertz CT molecular complexity index is 1310. The molecule has 0 saturated carbocycles. The number of carbonyl (C=O) groups excluding carboxylic acids is 2. The van der Waals surface area contributed by atoms with E-state index < -0.39 is 11.9 Å². The van der Waals surface area contributed by atoms with Gasteiger partial charge in [0.25, 0.3) is 0 Å². The number of benzene rings is 2. The summed E-state index contributed by atoms with van der Waals surface area (Å²) in [6.07, 6.45) is 2.55. The zero-order valence-corrected chi connectivity index (χ0v) is 23.5. The van der Waals surface area contributed by atoms with Gasteiger partial charge in [0.2, 0.25) is 0 Å². The Kier molecular flexibility index (Phi) is 8.84. The van der Waals surface area contributed by atoms with E-state index in [4.69, 9.17) is 23.7 Å². The first-order valence-corrected chi connectivity index (χ1v) is 13.2. The van der Waals surface area contributed by atoms with E-state index in [1.165, 1.54) is 0 Å². The van der Waals surface area contributed by atoms with E-state index in [0.29, 0.717) is 58.4 Å². The monoisotopic (exact) mass is 535 g/mol. The number of nitrogens with one attached hydrogen (secondary N) is 1. The van der Waals surface area contributed by atoms with E-state index in [9.17, 15) is 9.59 Å². The molecule has 0 fully saturated rings. The third-order valence-electron chi connectivity index (χ3n) is 7.40. The Labute approximate surface area is 229 Å². The van der Waals surface area contributed by atoms with Crippen LogP contribution in [0.15, 0.2) is 58.9 Å². The zero-order valence-electron chi connectivity index (χ0n) is 23.5. The molecule has 2 aliphatic rings. The first-order valence-electron chi connectivity index (χ1n) is 13.2. The molecule has 39 heavy (non-hydrogen) atoms. The second-order valence-electron chi connectivity index (χ2n) is 9.70. The standard InChI is InChI=1S/C31H37NO7/c1-7-8-14-39-31(34)27-18(2)32-22-15-20(19-12-13-24(35-3)26(17-19)37-5)16-23(33)29(22)28(27)21-10-9-11-25(36-4)30(21)38-6/h9-13,17,20,28,32H,7-8,14-16H2,1-6H3/t20-,28-/m0/s1. The van der Waals surface area contributed by atoms with E-state index in [1.807, 2.05) is 44.2 Å². The minimum absolute atomic E-state index is 0.0373. The Morgan fingerprint density at radius 2 is 1.69 bits per heavy atom. The molecule has 0 radical (unpaired) electrons. The van der Waals surface area contributed by atoms with E-state index in [-0.39, 0.29) is 18.1 Å². The Morgan fingerprint density at radius 3 is 2.36 bits per heavy atom. The summed E-state index contributed by atoms with van der Waals surface area (Å²) in [5.74, 6) is 1.06. The molecule has 2 aromatic carbocycles. The number of ether oxygens (including phenoxy) is 5. The molecule has 4 rings (SSSR count). The maximum absolute atomic E-state index is 14.0. The van der Waals surface area contributed by atoms with Crippen molar-refractivity contribution in [1.29, 1.82) is 0 Å². The lowest BCUT2D eigenvalue weighted by Crippen LogP contribution is -2.36. The van der Waals surface area contributed by atoms with Crippen molar-refractivity contribution >= 4 is 11.8 Å². The molecule has 2 aromatic rings. The third-order valence-corrected chi connectivity index (χ3v) is 7.40. The lowest BCUT2D eigenvalue weighted by Gasteiger charge is -2.37. The van der Waals surface area contributed by atoms with Gasteiger partial charge in [-0.05, 0) is 49.4 Å². The Morgan fingerprint density at radius 1 is 0.949 bits per heavy atom. The molecule has 2 atom stereocenters. The number of para-hydroxylation sites is 1. The fraction of sp³-hybridized carbons (Fsp3) is 0.419. The van der Waals surface area contributed by atoms with Crippen LogP contribution in [0.25, 0.3) is 0 Å². The average Bonchev–Trinajstić information content (AvgIpc) is 2.95. The SMILES string of the molecule is CCCCOC(=O)C1=C(C)NC2=C(C(=O)C[C@@H](c3ccc(OC)c(OC)c3)C2)[C@H]1c1cccc(OC)c1OC. The van der Waals surface area contributed by atoms with Crippen LogP contribution in [-0.4, -0.2) is 46.8 Å². The number of unbranched alkanes of at least 4 members (excludes halogenated alkanes) is 1. The van der Waals surface area contributed by atoms with Crippen molar-refractivity contribution in [3.05, 3.63) is 70.1 Å². The molecule has 1 N–H and O–H groups in total. The van der Waals surface area contributed by atoms with E-state index in [2.05, 4.69) is 5.32 Å². The molecule has 1 aliphatic heterocycles. The molecule has 208 valence electrons. The lowest BCUT2D eigenvalue weighted by atomic mass is 9.71. The molecule has 0 aromatic heterocycles. The number of allylic oxidation sites excluding steroid dienone is 3. The van der Waals surface area contributed by atoms with Crippen molar-refractivity contribution in [2.75, 3.05) is 35.0 Å². The van der Waals surface area contributed by atoms with E-state index >= 15 is 0 Å². The average molecular weight is 536 g/mol. The van der Waals surface area contributed by atoms with Crippen molar-refractivity contribution in [3.63, 3.8) is 0 Å². The van der Waals surface area contributed by atoms with Crippen LogP contribution in [0.1, 0.15) is 62.5 Å². The largest absolute Gasteiger partial charge is 0.493 e. The molecule has 0 saturated heterocycles. The molecule has 1 aliphatic carbocycles. The second kappa shape index (κ2) is 12.3. The molecule has 1 heterocycles. The topological polar surface area (TPSA) is 92.3 Å². The smallest absolute Gasteiger partial charge is 0.336 e. The van der Waals surface area contributed by atoms with Crippen molar-refractivity contribution in [2.45, 2.75) is 51.4 Å². The summed E-state index contributed by atoms with van der Waals surface area (Å²) >= 11 is 0.